The van der Waals surface area contributed by atoms with Crippen molar-refractivity contribution >= 4 is 35.2 Å². The van der Waals surface area contributed by atoms with Crippen molar-refractivity contribution in [3.8, 4) is 0 Å². The number of nitrogens with zero attached hydrogens (tertiary/aromatic N) is 1. The van der Waals surface area contributed by atoms with Crippen LogP contribution in [0.4, 0.5) is 0 Å². The van der Waals surface area contributed by atoms with Gasteiger partial charge in [0.1, 0.15) is 12.7 Å². The van der Waals surface area contributed by atoms with Gasteiger partial charge < -0.3 is 4.89 Å². The molecular weight excluding hydrogens is 225 g/mol. The molecule has 60 valence electrons. The van der Waals surface area contributed by atoms with Crippen LogP contribution in [0.15, 0.2) is 15.6 Å². The summed E-state index contributed by atoms with van der Waals surface area (Å²) >= 11 is 3.35. The predicted octanol–water partition coefficient (Wildman–Crippen LogP) is 1.30. The Morgan fingerprint density at radius 3 is 3.09 bits per heavy atom. The van der Waals surface area contributed by atoms with Gasteiger partial charge in [0, 0.05) is 6.21 Å². The monoisotopic (exact) mass is 233 g/mol. The van der Waals surface area contributed by atoms with E-state index in [2.05, 4.69) is 20.9 Å². The maximum Gasteiger partial charge on any atom is 0.152 e. The molecule has 0 bridgehead atoms. The summed E-state index contributed by atoms with van der Waals surface area (Å²) in [6.07, 6.45) is 4.26. The van der Waals surface area contributed by atoms with Gasteiger partial charge in [0.2, 0.25) is 0 Å². The highest BCUT2D eigenvalue weighted by Crippen LogP contribution is 2.22. The Balaban J connectivity index is 2.91. The van der Waals surface area contributed by atoms with Crippen molar-refractivity contribution in [1.29, 1.82) is 0 Å². The second-order valence-corrected chi connectivity index (χ2v) is 4.93. The molecule has 1 unspecified atom stereocenters. The lowest BCUT2D eigenvalue weighted by molar-refractivity contribution is -0.152. The van der Waals surface area contributed by atoms with Crippen LogP contribution in [-0.2, 0) is 0 Å². The molecule has 1 atom stereocenters. The molecule has 1 aliphatic rings. The first kappa shape index (κ1) is 9.11. The van der Waals surface area contributed by atoms with Crippen LogP contribution in [0.2, 0.25) is 0 Å². The second-order valence-electron chi connectivity index (χ2n) is 2.15. The molecule has 1 aliphatic heterocycles. The van der Waals surface area contributed by atoms with E-state index >= 15 is 0 Å². The lowest BCUT2D eigenvalue weighted by Gasteiger charge is -2.05. The Bertz CT molecular complexity index is 245. The second kappa shape index (κ2) is 4.15. The fraction of sp³-hybridized carbons (Fsp3) is 0.429. The number of rotatable bonds is 1. The lowest BCUT2D eigenvalue weighted by atomic mass is 10.3. The Morgan fingerprint density at radius 2 is 2.55 bits per heavy atom. The lowest BCUT2D eigenvalue weighted by Crippen LogP contribution is -2.11. The molecule has 0 saturated carbocycles. The van der Waals surface area contributed by atoms with Gasteiger partial charge in [-0.05, 0) is 28.9 Å². The number of aliphatic imine (C=N–C) groups is 1. The van der Waals surface area contributed by atoms with Gasteiger partial charge in [-0.1, -0.05) is 0 Å². The van der Waals surface area contributed by atoms with E-state index in [0.29, 0.717) is 12.7 Å². The zero-order valence-corrected chi connectivity index (χ0v) is 8.73. The van der Waals surface area contributed by atoms with Crippen LogP contribution in [0, 0.1) is 0 Å². The van der Waals surface area contributed by atoms with Crippen molar-refractivity contribution in [1.82, 2.24) is 0 Å². The highest BCUT2D eigenvalue weighted by molar-refractivity contribution is 9.12. The molecule has 0 fully saturated rings. The maximum atomic E-state index is 11.3. The smallest absolute Gasteiger partial charge is 0.152 e. The molecule has 0 spiro atoms. The number of halogens is 1. The molecule has 1 heterocycles. The van der Waals surface area contributed by atoms with Gasteiger partial charge in [0.25, 0.3) is 0 Å². The molecule has 2 nitrogen and oxygen atoms in total. The van der Waals surface area contributed by atoms with Crippen molar-refractivity contribution in [2.24, 2.45) is 4.99 Å². The van der Waals surface area contributed by atoms with Crippen molar-refractivity contribution in [2.45, 2.75) is 6.92 Å². The van der Waals surface area contributed by atoms with Gasteiger partial charge in [0.15, 0.2) is 5.29 Å². The van der Waals surface area contributed by atoms with Gasteiger partial charge >= 0.3 is 0 Å². The molecule has 11 heavy (non-hydrogen) atoms. The average molecular weight is 234 g/mol. The minimum absolute atomic E-state index is 0.583. The average Bonchev–Trinajstić information content (AvgIpc) is 2.04. The summed E-state index contributed by atoms with van der Waals surface area (Å²) in [4.78, 5) is 15.4. The van der Waals surface area contributed by atoms with Gasteiger partial charge in [-0.2, -0.15) is 0 Å². The molecule has 0 radical (unpaired) electrons. The molecule has 0 aromatic heterocycles. The fourth-order valence-electron chi connectivity index (χ4n) is 0.818. The van der Waals surface area contributed by atoms with Crippen LogP contribution in [0.5, 0.6) is 0 Å². The van der Waals surface area contributed by atoms with Gasteiger partial charge in [-0.25, -0.2) is 0 Å². The zero-order valence-electron chi connectivity index (χ0n) is 6.25. The SMILES string of the molecule is CC[P+]([O-])=C1CN=CC=C1Br. The predicted molar refractivity (Wildman–Crippen MR) is 52.8 cm³/mol. The molecule has 0 amide bonds. The third kappa shape index (κ3) is 2.22. The molecule has 0 aliphatic carbocycles. The van der Waals surface area contributed by atoms with E-state index < -0.39 is 7.77 Å². The van der Waals surface area contributed by atoms with Crippen molar-refractivity contribution in [3.05, 3.63) is 10.6 Å². The van der Waals surface area contributed by atoms with E-state index in [1.54, 1.807) is 6.21 Å². The Hall–Kier alpha value is 0.0200. The summed E-state index contributed by atoms with van der Waals surface area (Å²) in [6, 6.07) is 0. The standard InChI is InChI=1S/C7H9BrNOP/c1-2-11(10)7-5-9-4-3-6(7)8/h3-4H,2,5H2,1H3. The van der Waals surface area contributed by atoms with Crippen LogP contribution < -0.4 is 4.89 Å². The van der Waals surface area contributed by atoms with Crippen LogP contribution in [-0.4, -0.2) is 24.2 Å². The van der Waals surface area contributed by atoms with E-state index in [0.717, 1.165) is 9.78 Å². The summed E-state index contributed by atoms with van der Waals surface area (Å²) in [7, 11) is -1.20. The maximum absolute atomic E-state index is 11.3. The van der Waals surface area contributed by atoms with Gasteiger partial charge in [-0.3, -0.25) is 4.99 Å². The molecular formula is C7H9BrNOP. The number of dihydropyridines is 1. The third-order valence-corrected chi connectivity index (χ3v) is 4.04. The molecule has 0 aromatic carbocycles. The zero-order chi connectivity index (χ0) is 8.27. The summed E-state index contributed by atoms with van der Waals surface area (Å²) in [5.41, 5.74) is 0. The van der Waals surface area contributed by atoms with E-state index in [1.165, 1.54) is 0 Å². The first-order valence-corrected chi connectivity index (χ1v) is 5.66. The first-order valence-electron chi connectivity index (χ1n) is 3.42. The number of hydrogen-bond acceptors (Lipinski definition) is 2. The van der Waals surface area contributed by atoms with E-state index in [-0.39, 0.29) is 0 Å². The van der Waals surface area contributed by atoms with Crippen molar-refractivity contribution in [2.75, 3.05) is 12.7 Å². The minimum atomic E-state index is -1.20. The third-order valence-electron chi connectivity index (χ3n) is 1.43. The van der Waals surface area contributed by atoms with E-state index in [1.807, 2.05) is 13.0 Å². The molecule has 0 saturated heterocycles. The highest BCUT2D eigenvalue weighted by atomic mass is 79.9. The Labute approximate surface area is 75.6 Å². The minimum Gasteiger partial charge on any atom is -0.630 e. The first-order chi connectivity index (χ1) is 5.25. The van der Waals surface area contributed by atoms with Crippen LogP contribution >= 0.6 is 23.7 Å². The summed E-state index contributed by atoms with van der Waals surface area (Å²) in [5.74, 6) is 0. The van der Waals surface area contributed by atoms with E-state index in [4.69, 9.17) is 0 Å². The van der Waals surface area contributed by atoms with Gasteiger partial charge in [0.05, 0.1) is 12.3 Å². The molecule has 0 aromatic rings. The van der Waals surface area contributed by atoms with Gasteiger partial charge in [-0.15, -0.1) is 0 Å². The molecule has 4 heteroatoms. The normalized spacial score (nSPS) is 21.5. The number of hydrogen-bond donors (Lipinski definition) is 0. The highest BCUT2D eigenvalue weighted by Gasteiger charge is 2.13. The quantitative estimate of drug-likeness (QED) is 0.630. The largest absolute Gasteiger partial charge is 0.630 e. The summed E-state index contributed by atoms with van der Waals surface area (Å²) in [5, 5.41) is 0.935. The summed E-state index contributed by atoms with van der Waals surface area (Å²) < 4.78 is 0.940. The van der Waals surface area contributed by atoms with Crippen LogP contribution in [0.25, 0.3) is 0 Å². The van der Waals surface area contributed by atoms with Crippen LogP contribution in [0.1, 0.15) is 6.92 Å². The molecule has 0 N–H and O–H groups in total. The summed E-state index contributed by atoms with van der Waals surface area (Å²) in [6.45, 7) is 2.50. The Morgan fingerprint density at radius 1 is 1.82 bits per heavy atom. The topological polar surface area (TPSA) is 35.4 Å². The number of allylic oxidation sites excluding steroid dienone is 1. The Kier molecular flexibility index (Phi) is 3.44. The molecule has 1 rings (SSSR count). The van der Waals surface area contributed by atoms with Crippen molar-refractivity contribution < 1.29 is 4.89 Å². The van der Waals surface area contributed by atoms with Crippen LogP contribution in [0.3, 0.4) is 0 Å². The van der Waals surface area contributed by atoms with Crippen molar-refractivity contribution in [3.63, 3.8) is 0 Å². The fourth-order valence-corrected chi connectivity index (χ4v) is 2.59. The van der Waals surface area contributed by atoms with E-state index in [9.17, 15) is 4.89 Å².